The van der Waals surface area contributed by atoms with Crippen LogP contribution in [0.15, 0.2) is 0 Å². The Morgan fingerprint density at radius 2 is 2.18 bits per heavy atom. The van der Waals surface area contributed by atoms with Crippen LogP contribution in [0, 0.1) is 5.92 Å². The fourth-order valence-electron chi connectivity index (χ4n) is 0.940. The third-order valence-corrected chi connectivity index (χ3v) is 1.54. The first-order chi connectivity index (χ1) is 5.26. The van der Waals surface area contributed by atoms with Crippen LogP contribution in [0.2, 0.25) is 0 Å². The lowest BCUT2D eigenvalue weighted by Gasteiger charge is -2.11. The number of nitrogens with two attached hydrogens (primary N) is 1. The first-order valence-electron chi connectivity index (χ1n) is 4.12. The number of esters is 1. The van der Waals surface area contributed by atoms with Gasteiger partial charge in [0.2, 0.25) is 0 Å². The number of hydrogen-bond donors (Lipinski definition) is 1. The highest BCUT2D eigenvalue weighted by Crippen LogP contribution is 2.06. The summed E-state index contributed by atoms with van der Waals surface area (Å²) in [6, 6.07) is 0. The van der Waals surface area contributed by atoms with Gasteiger partial charge in [0.05, 0.1) is 12.5 Å². The molecule has 0 aromatic heterocycles. The Kier molecular flexibility index (Phi) is 5.84. The molecule has 0 radical (unpaired) electrons. The third-order valence-electron chi connectivity index (χ3n) is 1.54. The van der Waals surface area contributed by atoms with Crippen LogP contribution in [0.4, 0.5) is 0 Å². The number of carbonyl (C=O) groups excluding carboxylic acids is 1. The van der Waals surface area contributed by atoms with Gasteiger partial charge in [0.1, 0.15) is 0 Å². The molecule has 1 atom stereocenters. The number of ether oxygens (including phenoxy) is 1. The highest BCUT2D eigenvalue weighted by molar-refractivity contribution is 5.72. The predicted octanol–water partition coefficient (Wildman–Crippen LogP) is 0.924. The molecule has 0 fully saturated rings. The number of carbonyl (C=O) groups is 1. The van der Waals surface area contributed by atoms with Gasteiger partial charge in [-0.3, -0.25) is 4.79 Å². The van der Waals surface area contributed by atoms with E-state index in [1.807, 2.05) is 6.92 Å². The topological polar surface area (TPSA) is 52.3 Å². The number of rotatable bonds is 5. The molecule has 0 aliphatic carbocycles. The average molecular weight is 159 g/mol. The highest BCUT2D eigenvalue weighted by atomic mass is 16.5. The smallest absolute Gasteiger partial charge is 0.310 e. The maximum absolute atomic E-state index is 11.1. The molecule has 11 heavy (non-hydrogen) atoms. The Morgan fingerprint density at radius 3 is 2.55 bits per heavy atom. The van der Waals surface area contributed by atoms with Crippen molar-refractivity contribution in [1.82, 2.24) is 0 Å². The van der Waals surface area contributed by atoms with E-state index in [2.05, 4.69) is 0 Å². The second-order valence-electron chi connectivity index (χ2n) is 2.47. The summed E-state index contributed by atoms with van der Waals surface area (Å²) in [6.45, 7) is 4.67. The van der Waals surface area contributed by atoms with Crippen LogP contribution < -0.4 is 5.73 Å². The van der Waals surface area contributed by atoms with E-state index in [0.29, 0.717) is 13.2 Å². The zero-order chi connectivity index (χ0) is 8.69. The summed E-state index contributed by atoms with van der Waals surface area (Å²) in [4.78, 5) is 11.1. The van der Waals surface area contributed by atoms with Crippen LogP contribution in [0.25, 0.3) is 0 Å². The summed E-state index contributed by atoms with van der Waals surface area (Å²) in [5.74, 6) is -0.253. The van der Waals surface area contributed by atoms with E-state index in [1.165, 1.54) is 0 Å². The molecule has 0 saturated heterocycles. The van der Waals surface area contributed by atoms with E-state index >= 15 is 0 Å². The summed E-state index contributed by atoms with van der Waals surface area (Å²) >= 11 is 0. The Balaban J connectivity index is 3.71. The number of hydrogen-bond acceptors (Lipinski definition) is 3. The monoisotopic (exact) mass is 159 g/mol. The zero-order valence-corrected chi connectivity index (χ0v) is 7.30. The summed E-state index contributed by atoms with van der Waals surface area (Å²) in [6.07, 6.45) is 1.80. The highest BCUT2D eigenvalue weighted by Gasteiger charge is 2.15. The maximum Gasteiger partial charge on any atom is 0.310 e. The Bertz CT molecular complexity index is 115. The van der Waals surface area contributed by atoms with E-state index < -0.39 is 0 Å². The molecule has 0 aliphatic heterocycles. The molecule has 0 saturated carbocycles. The van der Waals surface area contributed by atoms with Gasteiger partial charge < -0.3 is 10.5 Å². The third kappa shape index (κ3) is 3.98. The van der Waals surface area contributed by atoms with Gasteiger partial charge in [-0.05, 0) is 13.3 Å². The van der Waals surface area contributed by atoms with Crippen molar-refractivity contribution in [1.29, 1.82) is 0 Å². The van der Waals surface area contributed by atoms with E-state index in [9.17, 15) is 4.79 Å². The molecule has 0 heterocycles. The van der Waals surface area contributed by atoms with Gasteiger partial charge in [-0.1, -0.05) is 13.3 Å². The molecule has 0 spiro atoms. The molecule has 0 unspecified atom stereocenters. The van der Waals surface area contributed by atoms with Crippen molar-refractivity contribution in [2.75, 3.05) is 13.2 Å². The fraction of sp³-hybridized carbons (Fsp3) is 0.875. The fourth-order valence-corrected chi connectivity index (χ4v) is 0.940. The molecule has 0 aromatic rings. The minimum Gasteiger partial charge on any atom is -0.466 e. The van der Waals surface area contributed by atoms with Crippen molar-refractivity contribution in [3.8, 4) is 0 Å². The Hall–Kier alpha value is -0.570. The van der Waals surface area contributed by atoms with Crippen LogP contribution in [-0.2, 0) is 9.53 Å². The summed E-state index contributed by atoms with van der Waals surface area (Å²) in [5, 5.41) is 0. The van der Waals surface area contributed by atoms with Gasteiger partial charge in [0, 0.05) is 6.54 Å². The second-order valence-corrected chi connectivity index (χ2v) is 2.47. The van der Waals surface area contributed by atoms with Crippen LogP contribution in [0.5, 0.6) is 0 Å². The van der Waals surface area contributed by atoms with Gasteiger partial charge in [0.15, 0.2) is 0 Å². The van der Waals surface area contributed by atoms with Crippen molar-refractivity contribution in [2.45, 2.75) is 26.7 Å². The Labute approximate surface area is 67.9 Å². The molecule has 0 aliphatic rings. The first kappa shape index (κ1) is 10.4. The maximum atomic E-state index is 11.1. The molecule has 3 nitrogen and oxygen atoms in total. The normalized spacial score (nSPS) is 12.6. The van der Waals surface area contributed by atoms with E-state index in [0.717, 1.165) is 12.8 Å². The van der Waals surface area contributed by atoms with Gasteiger partial charge in [-0.2, -0.15) is 0 Å². The van der Waals surface area contributed by atoms with Gasteiger partial charge in [-0.25, -0.2) is 0 Å². The van der Waals surface area contributed by atoms with Crippen LogP contribution >= 0.6 is 0 Å². The minimum atomic E-state index is -0.156. The van der Waals surface area contributed by atoms with Crippen LogP contribution in [-0.4, -0.2) is 19.1 Å². The Morgan fingerprint density at radius 1 is 1.55 bits per heavy atom. The van der Waals surface area contributed by atoms with Crippen molar-refractivity contribution in [3.05, 3.63) is 0 Å². The van der Waals surface area contributed by atoms with Crippen molar-refractivity contribution >= 4 is 5.97 Å². The molecule has 0 bridgehead atoms. The largest absolute Gasteiger partial charge is 0.466 e. The molecule has 0 amide bonds. The summed E-state index contributed by atoms with van der Waals surface area (Å²) in [7, 11) is 0. The van der Waals surface area contributed by atoms with Gasteiger partial charge in [-0.15, -0.1) is 0 Å². The first-order valence-corrected chi connectivity index (χ1v) is 4.12. The SMILES string of the molecule is CCC[C@H](CN)C(=O)OCC. The van der Waals surface area contributed by atoms with Crippen molar-refractivity contribution in [3.63, 3.8) is 0 Å². The molecule has 66 valence electrons. The van der Waals surface area contributed by atoms with Crippen LogP contribution in [0.1, 0.15) is 26.7 Å². The lowest BCUT2D eigenvalue weighted by molar-refractivity contribution is -0.147. The van der Waals surface area contributed by atoms with E-state index in [-0.39, 0.29) is 11.9 Å². The lowest BCUT2D eigenvalue weighted by Crippen LogP contribution is -2.25. The zero-order valence-electron chi connectivity index (χ0n) is 7.30. The quantitative estimate of drug-likeness (QED) is 0.607. The van der Waals surface area contributed by atoms with E-state index in [4.69, 9.17) is 10.5 Å². The van der Waals surface area contributed by atoms with Crippen LogP contribution in [0.3, 0.4) is 0 Å². The summed E-state index contributed by atoms with van der Waals surface area (Å²) < 4.78 is 4.83. The molecule has 2 N–H and O–H groups in total. The minimum absolute atomic E-state index is 0.0973. The predicted molar refractivity (Wildman–Crippen MR) is 44.1 cm³/mol. The average Bonchev–Trinajstić information content (AvgIpc) is 2.00. The van der Waals surface area contributed by atoms with Crippen molar-refractivity contribution < 1.29 is 9.53 Å². The van der Waals surface area contributed by atoms with Gasteiger partial charge in [0.25, 0.3) is 0 Å². The lowest BCUT2D eigenvalue weighted by atomic mass is 10.0. The molecular formula is C8H17NO2. The van der Waals surface area contributed by atoms with E-state index in [1.54, 1.807) is 6.92 Å². The molecule has 3 heteroatoms. The standard InChI is InChI=1S/C8H17NO2/c1-3-5-7(6-9)8(10)11-4-2/h7H,3-6,9H2,1-2H3/t7-/m1/s1. The van der Waals surface area contributed by atoms with Gasteiger partial charge >= 0.3 is 5.97 Å². The molecule has 0 rings (SSSR count). The summed E-state index contributed by atoms with van der Waals surface area (Å²) in [5.41, 5.74) is 5.39. The second kappa shape index (κ2) is 6.16. The molecular weight excluding hydrogens is 142 g/mol. The molecule has 0 aromatic carbocycles. The van der Waals surface area contributed by atoms with Crippen molar-refractivity contribution in [2.24, 2.45) is 11.7 Å².